The number of carbonyl (C=O) groups excluding carboxylic acids is 1. The molecule has 0 saturated carbocycles. The van der Waals surface area contributed by atoms with Crippen LogP contribution in [0.4, 0.5) is 5.69 Å². The van der Waals surface area contributed by atoms with E-state index in [1.165, 1.54) is 11.7 Å². The highest BCUT2D eigenvalue weighted by Gasteiger charge is 2.16. The van der Waals surface area contributed by atoms with Gasteiger partial charge >= 0.3 is 0 Å². The van der Waals surface area contributed by atoms with Gasteiger partial charge in [0, 0.05) is 23.8 Å². The highest BCUT2D eigenvalue weighted by Crippen LogP contribution is 2.20. The molecule has 2 aromatic heterocycles. The summed E-state index contributed by atoms with van der Waals surface area (Å²) in [6.07, 6.45) is 1.78. The Balaban J connectivity index is 1.46. The van der Waals surface area contributed by atoms with Crippen LogP contribution in [0.3, 0.4) is 0 Å². The van der Waals surface area contributed by atoms with Crippen LogP contribution in [0.25, 0.3) is 27.5 Å². The van der Waals surface area contributed by atoms with Gasteiger partial charge < -0.3 is 5.32 Å². The molecule has 30 heavy (non-hydrogen) atoms. The first-order valence-corrected chi connectivity index (χ1v) is 9.42. The zero-order valence-corrected chi connectivity index (χ0v) is 16.1. The Morgan fingerprint density at radius 2 is 1.60 bits per heavy atom. The first-order valence-electron chi connectivity index (χ1n) is 9.42. The summed E-state index contributed by atoms with van der Waals surface area (Å²) in [4.78, 5) is 29.5. The van der Waals surface area contributed by atoms with Gasteiger partial charge in [0.15, 0.2) is 5.69 Å². The van der Waals surface area contributed by atoms with Gasteiger partial charge in [-0.05, 0) is 42.5 Å². The van der Waals surface area contributed by atoms with Crippen molar-refractivity contribution in [3.8, 4) is 5.69 Å². The van der Waals surface area contributed by atoms with E-state index in [9.17, 15) is 9.59 Å². The Morgan fingerprint density at radius 1 is 0.900 bits per heavy atom. The fourth-order valence-corrected chi connectivity index (χ4v) is 3.53. The van der Waals surface area contributed by atoms with Gasteiger partial charge in [-0.2, -0.15) is 5.10 Å². The normalized spacial score (nSPS) is 11.1. The van der Waals surface area contributed by atoms with Crippen molar-refractivity contribution >= 4 is 33.4 Å². The molecule has 0 spiro atoms. The molecule has 5 aromatic rings. The monoisotopic (exact) mass is 395 g/mol. The lowest BCUT2D eigenvalue weighted by molar-refractivity contribution is 0.102. The summed E-state index contributed by atoms with van der Waals surface area (Å²) >= 11 is 0. The zero-order chi connectivity index (χ0) is 20.7. The fourth-order valence-electron chi connectivity index (χ4n) is 3.53. The number of rotatable bonds is 3. The van der Waals surface area contributed by atoms with E-state index in [0.717, 1.165) is 16.7 Å². The van der Waals surface area contributed by atoms with Gasteiger partial charge in [0.25, 0.3) is 11.5 Å². The number of benzene rings is 3. The number of anilines is 1. The summed E-state index contributed by atoms with van der Waals surface area (Å²) in [6.45, 7) is 0. The molecule has 0 unspecified atom stereocenters. The number of imidazole rings is 1. The molecule has 0 aliphatic heterocycles. The molecule has 146 valence electrons. The lowest BCUT2D eigenvalue weighted by Gasteiger charge is -2.10. The summed E-state index contributed by atoms with van der Waals surface area (Å²) in [5, 5.41) is 8.02. The number of hydrogen-bond donors (Lipinski definition) is 1. The summed E-state index contributed by atoms with van der Waals surface area (Å²) in [7, 11) is 1.54. The molecule has 1 N–H and O–H groups in total. The molecule has 7 nitrogen and oxygen atoms in total. The van der Waals surface area contributed by atoms with Gasteiger partial charge in [0.05, 0.1) is 16.4 Å². The molecule has 5 rings (SSSR count). The maximum atomic E-state index is 12.9. The first kappa shape index (κ1) is 17.8. The van der Waals surface area contributed by atoms with Crippen molar-refractivity contribution in [2.75, 3.05) is 5.32 Å². The molecule has 0 atom stereocenters. The topological polar surface area (TPSA) is 81.8 Å². The molecule has 1 amide bonds. The second-order valence-electron chi connectivity index (χ2n) is 6.93. The number of para-hydroxylation sites is 2. The van der Waals surface area contributed by atoms with Crippen LogP contribution < -0.4 is 10.9 Å². The predicted octanol–water partition coefficient (Wildman–Crippen LogP) is 3.52. The Bertz CT molecular complexity index is 1470. The van der Waals surface area contributed by atoms with E-state index < -0.39 is 0 Å². The van der Waals surface area contributed by atoms with Crippen LogP contribution in [0, 0.1) is 0 Å². The van der Waals surface area contributed by atoms with E-state index in [0.29, 0.717) is 16.5 Å². The SMILES string of the molecule is Cn1nc(C(=O)Nc2ccc(-n3cnc4ccccc43)cc2)c2ccccc2c1=O. The molecule has 3 aromatic carbocycles. The molecule has 0 bridgehead atoms. The van der Waals surface area contributed by atoms with Crippen molar-refractivity contribution in [2.24, 2.45) is 7.05 Å². The van der Waals surface area contributed by atoms with E-state index in [4.69, 9.17) is 0 Å². The number of carbonyl (C=O) groups is 1. The number of hydrogen-bond acceptors (Lipinski definition) is 4. The second-order valence-corrected chi connectivity index (χ2v) is 6.93. The average molecular weight is 395 g/mol. The van der Waals surface area contributed by atoms with Crippen molar-refractivity contribution < 1.29 is 4.79 Å². The summed E-state index contributed by atoms with van der Waals surface area (Å²) in [5.74, 6) is -0.373. The largest absolute Gasteiger partial charge is 0.321 e. The summed E-state index contributed by atoms with van der Waals surface area (Å²) in [6, 6.07) is 22.3. The van der Waals surface area contributed by atoms with Gasteiger partial charge in [0.2, 0.25) is 0 Å². The number of aryl methyl sites for hydroxylation is 1. The first-order chi connectivity index (χ1) is 14.6. The van der Waals surface area contributed by atoms with Crippen LogP contribution in [0.2, 0.25) is 0 Å². The molecule has 2 heterocycles. The smallest absolute Gasteiger partial charge is 0.276 e. The minimum absolute atomic E-state index is 0.206. The van der Waals surface area contributed by atoms with E-state index in [-0.39, 0.29) is 17.2 Å². The summed E-state index contributed by atoms with van der Waals surface area (Å²) in [5.41, 5.74) is 3.47. The Hall–Kier alpha value is -4.26. The van der Waals surface area contributed by atoms with Gasteiger partial charge in [-0.25, -0.2) is 9.67 Å². The van der Waals surface area contributed by atoms with Crippen LogP contribution in [-0.2, 0) is 7.05 Å². The minimum Gasteiger partial charge on any atom is -0.321 e. The van der Waals surface area contributed by atoms with E-state index in [1.807, 2.05) is 53.1 Å². The minimum atomic E-state index is -0.373. The van der Waals surface area contributed by atoms with Gasteiger partial charge in [-0.15, -0.1) is 0 Å². The van der Waals surface area contributed by atoms with Crippen LogP contribution in [0.5, 0.6) is 0 Å². The zero-order valence-electron chi connectivity index (χ0n) is 16.1. The van der Waals surface area contributed by atoms with Crippen LogP contribution in [0.15, 0.2) is 83.9 Å². The lowest BCUT2D eigenvalue weighted by Crippen LogP contribution is -2.25. The Kier molecular flexibility index (Phi) is 4.14. The van der Waals surface area contributed by atoms with Gasteiger partial charge in [0.1, 0.15) is 6.33 Å². The number of nitrogens with one attached hydrogen (secondary N) is 1. The van der Waals surface area contributed by atoms with Crippen molar-refractivity contribution in [2.45, 2.75) is 0 Å². The molecule has 0 aliphatic carbocycles. The predicted molar refractivity (Wildman–Crippen MR) is 116 cm³/mol. The van der Waals surface area contributed by atoms with E-state index in [2.05, 4.69) is 15.4 Å². The van der Waals surface area contributed by atoms with Crippen molar-refractivity contribution in [3.63, 3.8) is 0 Å². The fraction of sp³-hybridized carbons (Fsp3) is 0.0435. The molecule has 7 heteroatoms. The quantitative estimate of drug-likeness (QED) is 0.507. The Morgan fingerprint density at radius 3 is 2.40 bits per heavy atom. The van der Waals surface area contributed by atoms with Crippen LogP contribution in [-0.4, -0.2) is 25.2 Å². The number of nitrogens with zero attached hydrogens (tertiary/aromatic N) is 4. The van der Waals surface area contributed by atoms with Gasteiger partial charge in [-0.3, -0.25) is 14.2 Å². The molecule has 0 saturated heterocycles. The highest BCUT2D eigenvalue weighted by molar-refractivity contribution is 6.11. The third-order valence-electron chi connectivity index (χ3n) is 5.03. The standard InChI is InChI=1S/C23H17N5O2/c1-27-23(30)18-7-3-2-6-17(18)21(26-27)22(29)25-15-10-12-16(13-11-15)28-14-24-19-8-4-5-9-20(19)28/h2-14H,1H3,(H,25,29). The van der Waals surface area contributed by atoms with Crippen LogP contribution >= 0.6 is 0 Å². The lowest BCUT2D eigenvalue weighted by atomic mass is 10.1. The summed E-state index contributed by atoms with van der Waals surface area (Å²) < 4.78 is 3.17. The molecule has 0 fully saturated rings. The highest BCUT2D eigenvalue weighted by atomic mass is 16.2. The van der Waals surface area contributed by atoms with Crippen molar-refractivity contribution in [1.82, 2.24) is 19.3 Å². The van der Waals surface area contributed by atoms with Crippen molar-refractivity contribution in [1.29, 1.82) is 0 Å². The number of fused-ring (bicyclic) bond motifs is 2. The number of aromatic nitrogens is 4. The van der Waals surface area contributed by atoms with Crippen LogP contribution in [0.1, 0.15) is 10.5 Å². The molecule has 0 aliphatic rings. The number of amides is 1. The molecule has 0 radical (unpaired) electrons. The molecular weight excluding hydrogens is 378 g/mol. The third kappa shape index (κ3) is 2.93. The maximum Gasteiger partial charge on any atom is 0.276 e. The van der Waals surface area contributed by atoms with E-state index >= 15 is 0 Å². The van der Waals surface area contributed by atoms with Crippen molar-refractivity contribution in [3.05, 3.63) is 95.2 Å². The third-order valence-corrected chi connectivity index (χ3v) is 5.03. The van der Waals surface area contributed by atoms with E-state index in [1.54, 1.807) is 30.6 Å². The molecular formula is C23H17N5O2. The average Bonchev–Trinajstić information content (AvgIpc) is 3.21. The second kappa shape index (κ2) is 6.97. The van der Waals surface area contributed by atoms with Gasteiger partial charge in [-0.1, -0.05) is 30.3 Å². The maximum absolute atomic E-state index is 12.9. The Labute approximate surface area is 171 Å².